The van der Waals surface area contributed by atoms with E-state index in [9.17, 15) is 26.4 Å². The summed E-state index contributed by atoms with van der Waals surface area (Å²) >= 11 is 0. The minimum Gasteiger partial charge on any atom is -0.364 e. The molecule has 178 valence electrons. The summed E-state index contributed by atoms with van der Waals surface area (Å²) in [7, 11) is -3.67. The molecule has 2 heterocycles. The molecule has 33 heavy (non-hydrogen) atoms. The van der Waals surface area contributed by atoms with Crippen LogP contribution in [-0.4, -0.2) is 60.6 Å². The number of ether oxygens (including phenoxy) is 1. The molecule has 4 aliphatic rings. The van der Waals surface area contributed by atoms with Gasteiger partial charge in [-0.15, -0.1) is 0 Å². The normalized spacial score (nSPS) is 35.1. The molecule has 2 aliphatic carbocycles. The van der Waals surface area contributed by atoms with E-state index in [0.29, 0.717) is 17.7 Å². The van der Waals surface area contributed by atoms with Crippen LogP contribution in [0.4, 0.5) is 13.2 Å². The summed E-state index contributed by atoms with van der Waals surface area (Å²) in [4.78, 5) is 13.8. The van der Waals surface area contributed by atoms with Crippen LogP contribution in [0.25, 0.3) is 0 Å². The van der Waals surface area contributed by atoms with Crippen LogP contribution in [0, 0.1) is 0 Å². The third kappa shape index (κ3) is 3.24. The van der Waals surface area contributed by atoms with Crippen molar-refractivity contribution in [3.63, 3.8) is 0 Å². The summed E-state index contributed by atoms with van der Waals surface area (Å²) in [6.45, 7) is 3.56. The van der Waals surface area contributed by atoms with E-state index in [2.05, 4.69) is 5.32 Å². The molecule has 2 aliphatic heterocycles. The Morgan fingerprint density at radius 3 is 2.55 bits per heavy atom. The quantitative estimate of drug-likeness (QED) is 0.657. The van der Waals surface area contributed by atoms with E-state index in [1.54, 1.807) is 19.1 Å². The second-order valence-corrected chi connectivity index (χ2v) is 12.1. The van der Waals surface area contributed by atoms with Crippen molar-refractivity contribution in [1.82, 2.24) is 10.2 Å². The number of benzene rings is 1. The van der Waals surface area contributed by atoms with Gasteiger partial charge in [-0.3, -0.25) is 4.79 Å². The van der Waals surface area contributed by atoms with Crippen molar-refractivity contribution in [3.8, 4) is 0 Å². The number of hydrogen-bond donors (Lipinski definition) is 1. The van der Waals surface area contributed by atoms with Gasteiger partial charge in [-0.25, -0.2) is 8.42 Å². The van der Waals surface area contributed by atoms with Crippen molar-refractivity contribution in [2.75, 3.05) is 12.8 Å². The van der Waals surface area contributed by atoms with Crippen LogP contribution in [0.1, 0.15) is 37.5 Å². The molecule has 5 atom stereocenters. The van der Waals surface area contributed by atoms with Crippen LogP contribution in [0.5, 0.6) is 0 Å². The van der Waals surface area contributed by atoms with Crippen molar-refractivity contribution in [2.24, 2.45) is 0 Å². The lowest BCUT2D eigenvalue weighted by Gasteiger charge is -2.57. The first-order valence-electron chi connectivity index (χ1n) is 10.8. The highest BCUT2D eigenvalue weighted by molar-refractivity contribution is 7.92. The van der Waals surface area contributed by atoms with E-state index in [-0.39, 0.29) is 25.1 Å². The Morgan fingerprint density at radius 1 is 1.18 bits per heavy atom. The molecule has 2 unspecified atom stereocenters. The van der Waals surface area contributed by atoms with E-state index in [1.807, 2.05) is 36.1 Å². The Morgan fingerprint density at radius 2 is 1.88 bits per heavy atom. The van der Waals surface area contributed by atoms with Crippen LogP contribution in [-0.2, 0) is 25.8 Å². The highest BCUT2D eigenvalue weighted by atomic mass is 32.2. The molecular formula is C23H25F3N2O4S. The first kappa shape index (κ1) is 22.5. The van der Waals surface area contributed by atoms with Gasteiger partial charge in [0, 0.05) is 12.8 Å². The zero-order chi connectivity index (χ0) is 24.0. The molecule has 1 N–H and O–H groups in total. The second-order valence-electron chi connectivity index (χ2n) is 9.68. The largest absolute Gasteiger partial charge is 0.471 e. The summed E-state index contributed by atoms with van der Waals surface area (Å²) in [6.07, 6.45) is -0.279. The van der Waals surface area contributed by atoms with Crippen molar-refractivity contribution in [3.05, 3.63) is 58.8 Å². The lowest BCUT2D eigenvalue weighted by molar-refractivity contribution is -0.175. The number of nitrogens with one attached hydrogen (secondary N) is 1. The Labute approximate surface area is 190 Å². The van der Waals surface area contributed by atoms with Crippen LogP contribution in [0.15, 0.2) is 47.7 Å². The molecule has 0 bridgehead atoms. The van der Waals surface area contributed by atoms with Gasteiger partial charge in [0.1, 0.15) is 16.5 Å². The average molecular weight is 483 g/mol. The topological polar surface area (TPSA) is 75.7 Å². The van der Waals surface area contributed by atoms with Gasteiger partial charge in [-0.2, -0.15) is 13.2 Å². The lowest BCUT2D eigenvalue weighted by atomic mass is 9.75. The van der Waals surface area contributed by atoms with Crippen molar-refractivity contribution >= 4 is 15.7 Å². The number of carbonyl (C=O) groups is 1. The van der Waals surface area contributed by atoms with Gasteiger partial charge in [-0.05, 0) is 49.5 Å². The maximum atomic E-state index is 13.0. The third-order valence-electron chi connectivity index (χ3n) is 7.50. The molecule has 1 aromatic carbocycles. The van der Waals surface area contributed by atoms with Gasteiger partial charge < -0.3 is 15.0 Å². The number of alkyl halides is 3. The molecule has 0 aromatic heterocycles. The summed E-state index contributed by atoms with van der Waals surface area (Å²) in [6, 6.07) is 6.74. The van der Waals surface area contributed by atoms with Crippen LogP contribution in [0.3, 0.4) is 0 Å². The number of rotatable bonds is 2. The number of sulfone groups is 1. The molecule has 1 saturated heterocycles. The van der Waals surface area contributed by atoms with Gasteiger partial charge in [0.2, 0.25) is 0 Å². The van der Waals surface area contributed by atoms with Gasteiger partial charge in [-0.1, -0.05) is 30.3 Å². The van der Waals surface area contributed by atoms with Crippen LogP contribution in [0.2, 0.25) is 0 Å². The predicted octanol–water partition coefficient (Wildman–Crippen LogP) is 2.82. The number of hydrogen-bond acceptors (Lipinski definition) is 5. The van der Waals surface area contributed by atoms with Crippen LogP contribution >= 0.6 is 0 Å². The highest BCUT2D eigenvalue weighted by Crippen LogP contribution is 2.54. The van der Waals surface area contributed by atoms with Gasteiger partial charge in [0.15, 0.2) is 9.84 Å². The van der Waals surface area contributed by atoms with E-state index in [0.717, 1.165) is 17.4 Å². The predicted molar refractivity (Wildman–Crippen MR) is 115 cm³/mol. The summed E-state index contributed by atoms with van der Waals surface area (Å²) in [5, 5.41) is 2.10. The summed E-state index contributed by atoms with van der Waals surface area (Å²) in [5.41, 5.74) is 2.34. The average Bonchev–Trinajstić information content (AvgIpc) is 3.08. The number of halogens is 3. The monoisotopic (exact) mass is 482 g/mol. The first-order chi connectivity index (χ1) is 15.2. The second kappa shape index (κ2) is 6.85. The van der Waals surface area contributed by atoms with Crippen LogP contribution < -0.4 is 5.32 Å². The zero-order valence-corrected chi connectivity index (χ0v) is 19.3. The molecule has 1 fully saturated rings. The maximum Gasteiger partial charge on any atom is 0.471 e. The highest BCUT2D eigenvalue weighted by Gasteiger charge is 2.57. The minimum atomic E-state index is -5.02. The fourth-order valence-corrected chi connectivity index (χ4v) is 6.70. The van der Waals surface area contributed by atoms with E-state index < -0.39 is 38.3 Å². The summed E-state index contributed by atoms with van der Waals surface area (Å²) < 4.78 is 70.0. The van der Waals surface area contributed by atoms with Crippen molar-refractivity contribution < 1.29 is 31.1 Å². The number of fused-ring (bicyclic) bond motifs is 4. The smallest absolute Gasteiger partial charge is 0.364 e. The Balaban J connectivity index is 1.64. The fraction of sp³-hybridized carbons (Fsp3) is 0.522. The van der Waals surface area contributed by atoms with Gasteiger partial charge >= 0.3 is 12.1 Å². The molecule has 0 radical (unpaired) electrons. The Hall–Kier alpha value is -2.33. The van der Waals surface area contributed by atoms with Gasteiger partial charge in [0.25, 0.3) is 0 Å². The Kier molecular flexibility index (Phi) is 4.66. The molecule has 6 nitrogen and oxygen atoms in total. The molecule has 1 aromatic rings. The standard InChI is InChI=1S/C23H25F3N2O4S/c1-21-8-9-22(2,33(3,30)31)16-11-14(27-20(29)23(24,25)26)12-28(19(16)21)17-10-13-6-4-5-7-15(13)18(17)32-21/h4-9,14,17-18H,10-12H2,1-3H3,(H,27,29)/t14-,17+,18+,21?,22?/m1/s1. The Bertz CT molecular complexity index is 1210. The number of morpholine rings is 1. The van der Waals surface area contributed by atoms with E-state index >= 15 is 0 Å². The number of carbonyl (C=O) groups excluding carboxylic acids is 1. The zero-order valence-electron chi connectivity index (χ0n) is 18.4. The molecule has 0 spiro atoms. The summed E-state index contributed by atoms with van der Waals surface area (Å²) in [5.74, 6) is -2.02. The maximum absolute atomic E-state index is 13.0. The van der Waals surface area contributed by atoms with E-state index in [1.165, 1.54) is 0 Å². The molecule has 10 heteroatoms. The lowest BCUT2D eigenvalue weighted by Crippen LogP contribution is -2.63. The third-order valence-corrected chi connectivity index (χ3v) is 9.43. The molecular weight excluding hydrogens is 457 g/mol. The molecule has 0 saturated carbocycles. The number of nitrogens with zero attached hydrogens (tertiary/aromatic N) is 1. The van der Waals surface area contributed by atoms with Crippen molar-refractivity contribution in [2.45, 2.75) is 61.4 Å². The minimum absolute atomic E-state index is 0.00908. The number of amides is 1. The van der Waals surface area contributed by atoms with Crippen molar-refractivity contribution in [1.29, 1.82) is 0 Å². The first-order valence-corrected chi connectivity index (χ1v) is 12.7. The molecule has 5 rings (SSSR count). The van der Waals surface area contributed by atoms with E-state index in [4.69, 9.17) is 4.74 Å². The SMILES string of the molecule is CC12C=CC(C)(S(C)(=O)=O)C3=C1N(C[C@H](NC(=O)C(F)(F)F)C3)[C@H]1Cc3ccccc3[C@@H]1O2. The molecule has 1 amide bonds. The fourth-order valence-electron chi connectivity index (χ4n) is 5.75. The van der Waals surface area contributed by atoms with Gasteiger partial charge in [0.05, 0.1) is 17.8 Å².